The highest BCUT2D eigenvalue weighted by Gasteiger charge is 2.21. The van der Waals surface area contributed by atoms with Crippen LogP contribution in [0, 0.1) is 5.92 Å². The Morgan fingerprint density at radius 2 is 2.06 bits per heavy atom. The lowest BCUT2D eigenvalue weighted by Crippen LogP contribution is -2.47. The topological polar surface area (TPSA) is 58.4 Å². The maximum atomic E-state index is 11.8. The molecule has 0 heterocycles. The molecule has 1 fully saturated rings. The van der Waals surface area contributed by atoms with E-state index in [9.17, 15) is 4.79 Å². The molecule has 0 aliphatic heterocycles. The third-order valence-corrected chi connectivity index (χ3v) is 4.27. The molecule has 18 heavy (non-hydrogen) atoms. The Hall–Kier alpha value is -0.610. The van der Waals surface area contributed by atoms with Crippen molar-refractivity contribution in [2.75, 3.05) is 20.1 Å². The third-order valence-electron chi connectivity index (χ3n) is 4.27. The van der Waals surface area contributed by atoms with Gasteiger partial charge in [-0.3, -0.25) is 4.79 Å². The van der Waals surface area contributed by atoms with Crippen molar-refractivity contribution in [3.8, 4) is 0 Å². The maximum Gasteiger partial charge on any atom is 0.237 e. The summed E-state index contributed by atoms with van der Waals surface area (Å²) in [5, 5.41) is 2.95. The van der Waals surface area contributed by atoms with Gasteiger partial charge in [0.2, 0.25) is 5.91 Å². The second kappa shape index (κ2) is 7.74. The van der Waals surface area contributed by atoms with E-state index in [4.69, 9.17) is 5.73 Å². The van der Waals surface area contributed by atoms with Crippen molar-refractivity contribution in [1.29, 1.82) is 0 Å². The van der Waals surface area contributed by atoms with Crippen molar-refractivity contribution in [1.82, 2.24) is 10.2 Å². The van der Waals surface area contributed by atoms with Gasteiger partial charge in [0, 0.05) is 19.1 Å². The van der Waals surface area contributed by atoms with E-state index in [0.29, 0.717) is 12.6 Å². The summed E-state index contributed by atoms with van der Waals surface area (Å²) < 4.78 is 0. The van der Waals surface area contributed by atoms with Gasteiger partial charge in [-0.05, 0) is 25.8 Å². The predicted octanol–water partition coefficient (Wildman–Crippen LogP) is 1.35. The van der Waals surface area contributed by atoms with Crippen LogP contribution in [0.2, 0.25) is 0 Å². The number of likely N-dealkylation sites (N-methyl/N-ethyl adjacent to an activating group) is 1. The molecule has 3 N–H and O–H groups in total. The predicted molar refractivity (Wildman–Crippen MR) is 75.3 cm³/mol. The Morgan fingerprint density at radius 1 is 1.44 bits per heavy atom. The molecular weight excluding hydrogens is 226 g/mol. The minimum Gasteiger partial charge on any atom is -0.353 e. The molecule has 0 aromatic carbocycles. The number of amides is 1. The van der Waals surface area contributed by atoms with E-state index >= 15 is 0 Å². The van der Waals surface area contributed by atoms with Gasteiger partial charge in [0.1, 0.15) is 0 Å². The fraction of sp³-hybridized carbons (Fsp3) is 0.929. The Balaban J connectivity index is 2.18. The zero-order chi connectivity index (χ0) is 13.5. The van der Waals surface area contributed by atoms with Crippen LogP contribution in [0.4, 0.5) is 0 Å². The van der Waals surface area contributed by atoms with Crippen LogP contribution in [0.15, 0.2) is 0 Å². The fourth-order valence-corrected chi connectivity index (χ4v) is 2.51. The van der Waals surface area contributed by atoms with E-state index in [0.717, 1.165) is 13.0 Å². The summed E-state index contributed by atoms with van der Waals surface area (Å²) in [6.07, 6.45) is 6.24. The standard InChI is InChI=1S/C14H29N3O/c1-4-11(2)13(15)14(18)16-9-10-17(3)12-7-5-6-8-12/h11-13H,4-10,15H2,1-3H3,(H,16,18)/t11?,13-/m0/s1. The van der Waals surface area contributed by atoms with Gasteiger partial charge in [0.15, 0.2) is 0 Å². The van der Waals surface area contributed by atoms with Crippen molar-refractivity contribution in [3.05, 3.63) is 0 Å². The quantitative estimate of drug-likeness (QED) is 0.722. The third kappa shape index (κ3) is 4.58. The smallest absolute Gasteiger partial charge is 0.237 e. The molecular formula is C14H29N3O. The Kier molecular flexibility index (Phi) is 6.65. The number of carbonyl (C=O) groups excluding carboxylic acids is 1. The van der Waals surface area contributed by atoms with Gasteiger partial charge in [0.25, 0.3) is 0 Å². The van der Waals surface area contributed by atoms with Crippen molar-refractivity contribution >= 4 is 5.91 Å². The van der Waals surface area contributed by atoms with Crippen LogP contribution in [0.5, 0.6) is 0 Å². The van der Waals surface area contributed by atoms with Crippen LogP contribution < -0.4 is 11.1 Å². The molecule has 0 radical (unpaired) electrons. The molecule has 4 nitrogen and oxygen atoms in total. The highest BCUT2D eigenvalue weighted by molar-refractivity contribution is 5.81. The van der Waals surface area contributed by atoms with Gasteiger partial charge < -0.3 is 16.0 Å². The lowest BCUT2D eigenvalue weighted by molar-refractivity contribution is -0.123. The average Bonchev–Trinajstić information content (AvgIpc) is 2.90. The van der Waals surface area contributed by atoms with Crippen LogP contribution >= 0.6 is 0 Å². The molecule has 0 saturated heterocycles. The number of nitrogens with zero attached hydrogens (tertiary/aromatic N) is 1. The first-order chi connectivity index (χ1) is 8.56. The van der Waals surface area contributed by atoms with Crippen LogP contribution in [-0.2, 0) is 4.79 Å². The molecule has 1 saturated carbocycles. The maximum absolute atomic E-state index is 11.8. The van der Waals surface area contributed by atoms with E-state index in [1.165, 1.54) is 25.7 Å². The lowest BCUT2D eigenvalue weighted by atomic mass is 9.99. The normalized spacial score (nSPS) is 20.1. The number of hydrogen-bond donors (Lipinski definition) is 2. The summed E-state index contributed by atoms with van der Waals surface area (Å²) >= 11 is 0. The molecule has 0 aromatic rings. The van der Waals surface area contributed by atoms with E-state index in [1.807, 2.05) is 6.92 Å². The van der Waals surface area contributed by atoms with Crippen molar-refractivity contribution in [3.63, 3.8) is 0 Å². The van der Waals surface area contributed by atoms with Gasteiger partial charge in [-0.25, -0.2) is 0 Å². The largest absolute Gasteiger partial charge is 0.353 e. The molecule has 1 aliphatic rings. The van der Waals surface area contributed by atoms with Gasteiger partial charge in [-0.15, -0.1) is 0 Å². The summed E-state index contributed by atoms with van der Waals surface area (Å²) in [4.78, 5) is 14.2. The van der Waals surface area contributed by atoms with E-state index in [2.05, 4.69) is 24.2 Å². The summed E-state index contributed by atoms with van der Waals surface area (Å²) in [5.41, 5.74) is 5.88. The minimum absolute atomic E-state index is 0.0100. The van der Waals surface area contributed by atoms with Crippen molar-refractivity contribution in [2.24, 2.45) is 11.7 Å². The molecule has 1 amide bonds. The highest BCUT2D eigenvalue weighted by Crippen LogP contribution is 2.21. The number of rotatable bonds is 7. The monoisotopic (exact) mass is 255 g/mol. The van der Waals surface area contributed by atoms with Gasteiger partial charge >= 0.3 is 0 Å². The summed E-state index contributed by atoms with van der Waals surface area (Å²) in [6.45, 7) is 5.71. The van der Waals surface area contributed by atoms with Gasteiger partial charge in [-0.1, -0.05) is 33.1 Å². The van der Waals surface area contributed by atoms with Crippen LogP contribution in [0.25, 0.3) is 0 Å². The van der Waals surface area contributed by atoms with Crippen LogP contribution in [0.1, 0.15) is 46.0 Å². The minimum atomic E-state index is -0.369. The molecule has 1 aliphatic carbocycles. The second-order valence-corrected chi connectivity index (χ2v) is 5.62. The highest BCUT2D eigenvalue weighted by atomic mass is 16.2. The first-order valence-corrected chi connectivity index (χ1v) is 7.29. The number of nitrogens with one attached hydrogen (secondary N) is 1. The summed E-state index contributed by atoms with van der Waals surface area (Å²) in [7, 11) is 2.15. The van der Waals surface area contributed by atoms with Crippen LogP contribution in [0.3, 0.4) is 0 Å². The van der Waals surface area contributed by atoms with Gasteiger partial charge in [0.05, 0.1) is 6.04 Å². The summed E-state index contributed by atoms with van der Waals surface area (Å²) in [5.74, 6) is 0.238. The SMILES string of the molecule is CCC(C)[C@H](N)C(=O)NCCN(C)C1CCCC1. The number of carbonyl (C=O) groups is 1. The second-order valence-electron chi connectivity index (χ2n) is 5.62. The van der Waals surface area contributed by atoms with E-state index in [1.54, 1.807) is 0 Å². The first kappa shape index (κ1) is 15.4. The Bertz CT molecular complexity index is 251. The number of hydrogen-bond acceptors (Lipinski definition) is 3. The molecule has 2 atom stereocenters. The fourth-order valence-electron chi connectivity index (χ4n) is 2.51. The number of nitrogens with two attached hydrogens (primary N) is 1. The van der Waals surface area contributed by atoms with E-state index < -0.39 is 0 Å². The molecule has 1 unspecified atom stereocenters. The molecule has 0 aromatic heterocycles. The first-order valence-electron chi connectivity index (χ1n) is 7.29. The van der Waals surface area contributed by atoms with Crippen molar-refractivity contribution < 1.29 is 4.79 Å². The Labute approximate surface area is 111 Å². The van der Waals surface area contributed by atoms with Crippen molar-refractivity contribution in [2.45, 2.75) is 58.0 Å². The zero-order valence-electron chi connectivity index (χ0n) is 12.1. The molecule has 106 valence electrons. The molecule has 4 heteroatoms. The van der Waals surface area contributed by atoms with E-state index in [-0.39, 0.29) is 17.9 Å². The lowest BCUT2D eigenvalue weighted by Gasteiger charge is -2.24. The molecule has 0 spiro atoms. The Morgan fingerprint density at radius 3 is 2.61 bits per heavy atom. The van der Waals surface area contributed by atoms with Crippen LogP contribution in [-0.4, -0.2) is 43.0 Å². The molecule has 0 bridgehead atoms. The average molecular weight is 255 g/mol. The molecule has 1 rings (SSSR count). The summed E-state index contributed by atoms with van der Waals surface area (Å²) in [6, 6.07) is 0.344. The van der Waals surface area contributed by atoms with Gasteiger partial charge in [-0.2, -0.15) is 0 Å². The zero-order valence-corrected chi connectivity index (χ0v) is 12.1.